The van der Waals surface area contributed by atoms with Gasteiger partial charge in [-0.1, -0.05) is 24.9 Å². The number of anilines is 2. The van der Waals surface area contributed by atoms with E-state index in [2.05, 4.69) is 5.32 Å². The molecule has 1 heterocycles. The maximum absolute atomic E-state index is 12.4. The number of carbonyl (C=O) groups is 4. The zero-order chi connectivity index (χ0) is 23.8. The van der Waals surface area contributed by atoms with Crippen LogP contribution >= 0.6 is 11.6 Å². The lowest BCUT2D eigenvalue weighted by atomic mass is 10.1. The standard InChI is InChI=1S/C24H25ClN2O6/c1-2-3-12-32-23(30)16-4-8-19(9-5-16)26-21(28)15-33-24(31)17-13-22(29)27(14-17)20-10-6-18(25)7-11-20/h4-11,17H,2-3,12-15H2,1H3,(H,26,28)/t17-/m0/s1. The Labute approximate surface area is 196 Å². The molecule has 1 N–H and O–H groups in total. The quantitative estimate of drug-likeness (QED) is 0.439. The molecule has 0 aliphatic carbocycles. The molecule has 0 spiro atoms. The lowest BCUT2D eigenvalue weighted by molar-refractivity contribution is -0.151. The van der Waals surface area contributed by atoms with E-state index in [0.717, 1.165) is 12.8 Å². The summed E-state index contributed by atoms with van der Waals surface area (Å²) in [4.78, 5) is 50.2. The van der Waals surface area contributed by atoms with Crippen LogP contribution in [0, 0.1) is 5.92 Å². The van der Waals surface area contributed by atoms with E-state index in [4.69, 9.17) is 21.1 Å². The first-order valence-electron chi connectivity index (χ1n) is 10.7. The maximum atomic E-state index is 12.4. The summed E-state index contributed by atoms with van der Waals surface area (Å²) < 4.78 is 10.2. The van der Waals surface area contributed by atoms with Crippen molar-refractivity contribution in [1.82, 2.24) is 0 Å². The number of unbranched alkanes of at least 4 members (excludes halogenated alkanes) is 1. The minimum Gasteiger partial charge on any atom is -0.462 e. The molecule has 0 saturated carbocycles. The van der Waals surface area contributed by atoms with Gasteiger partial charge in [-0.25, -0.2) is 4.79 Å². The molecule has 174 valence electrons. The fourth-order valence-corrected chi connectivity index (χ4v) is 3.40. The monoisotopic (exact) mass is 472 g/mol. The van der Waals surface area contributed by atoms with Gasteiger partial charge in [-0.05, 0) is 55.0 Å². The van der Waals surface area contributed by atoms with Crippen LogP contribution in [0.4, 0.5) is 11.4 Å². The van der Waals surface area contributed by atoms with Gasteiger partial charge in [-0.15, -0.1) is 0 Å². The van der Waals surface area contributed by atoms with Gasteiger partial charge in [0.1, 0.15) is 0 Å². The Balaban J connectivity index is 1.45. The molecule has 0 radical (unpaired) electrons. The molecule has 2 amide bonds. The first-order chi connectivity index (χ1) is 15.9. The third-order valence-electron chi connectivity index (χ3n) is 5.08. The highest BCUT2D eigenvalue weighted by Gasteiger charge is 2.36. The Morgan fingerprint density at radius 1 is 1.06 bits per heavy atom. The molecule has 33 heavy (non-hydrogen) atoms. The van der Waals surface area contributed by atoms with Crippen LogP contribution in [-0.4, -0.2) is 43.5 Å². The number of nitrogens with zero attached hydrogens (tertiary/aromatic N) is 1. The van der Waals surface area contributed by atoms with E-state index >= 15 is 0 Å². The minimum atomic E-state index is -0.654. The van der Waals surface area contributed by atoms with Crippen molar-refractivity contribution < 1.29 is 28.7 Å². The van der Waals surface area contributed by atoms with E-state index in [1.807, 2.05) is 6.92 Å². The van der Waals surface area contributed by atoms with Crippen molar-refractivity contribution in [3.05, 3.63) is 59.1 Å². The lowest BCUT2D eigenvalue weighted by Gasteiger charge is -2.16. The summed E-state index contributed by atoms with van der Waals surface area (Å²) in [6, 6.07) is 13.0. The van der Waals surface area contributed by atoms with Gasteiger partial charge in [0.15, 0.2) is 6.61 Å². The molecule has 1 saturated heterocycles. The molecule has 0 aromatic heterocycles. The average Bonchev–Trinajstić information content (AvgIpc) is 3.20. The van der Waals surface area contributed by atoms with Crippen molar-refractivity contribution in [3.63, 3.8) is 0 Å². The number of benzene rings is 2. The molecule has 1 fully saturated rings. The van der Waals surface area contributed by atoms with Crippen molar-refractivity contribution in [2.45, 2.75) is 26.2 Å². The van der Waals surface area contributed by atoms with Gasteiger partial charge < -0.3 is 19.7 Å². The van der Waals surface area contributed by atoms with Crippen molar-refractivity contribution in [2.24, 2.45) is 5.92 Å². The van der Waals surface area contributed by atoms with Crippen LogP contribution in [0.25, 0.3) is 0 Å². The maximum Gasteiger partial charge on any atom is 0.338 e. The highest BCUT2D eigenvalue weighted by molar-refractivity contribution is 6.30. The summed E-state index contributed by atoms with van der Waals surface area (Å²) >= 11 is 5.87. The second-order valence-corrected chi connectivity index (χ2v) is 8.04. The Bertz CT molecular complexity index is 1010. The molecular formula is C24H25ClN2O6. The molecular weight excluding hydrogens is 448 g/mol. The van der Waals surface area contributed by atoms with Gasteiger partial charge in [-0.3, -0.25) is 14.4 Å². The van der Waals surface area contributed by atoms with E-state index < -0.39 is 30.4 Å². The van der Waals surface area contributed by atoms with Crippen LogP contribution in [0.15, 0.2) is 48.5 Å². The number of hydrogen-bond acceptors (Lipinski definition) is 6. The second-order valence-electron chi connectivity index (χ2n) is 7.60. The molecule has 1 atom stereocenters. The molecule has 9 heteroatoms. The van der Waals surface area contributed by atoms with E-state index in [1.54, 1.807) is 48.5 Å². The fourth-order valence-electron chi connectivity index (χ4n) is 3.27. The van der Waals surface area contributed by atoms with Crippen LogP contribution in [-0.2, 0) is 23.9 Å². The van der Waals surface area contributed by atoms with Gasteiger partial charge in [0, 0.05) is 29.4 Å². The Kier molecular flexibility index (Phi) is 8.43. The highest BCUT2D eigenvalue weighted by Crippen LogP contribution is 2.27. The fraction of sp³-hybridized carbons (Fsp3) is 0.333. The molecule has 3 rings (SSSR count). The van der Waals surface area contributed by atoms with Gasteiger partial charge >= 0.3 is 11.9 Å². The zero-order valence-corrected chi connectivity index (χ0v) is 19.0. The number of nitrogens with one attached hydrogen (secondary N) is 1. The van der Waals surface area contributed by atoms with Gasteiger partial charge in [0.05, 0.1) is 18.1 Å². The number of ether oxygens (including phenoxy) is 2. The summed E-state index contributed by atoms with van der Waals surface area (Å²) in [6.45, 7) is 2.07. The smallest absolute Gasteiger partial charge is 0.338 e. The predicted molar refractivity (Wildman–Crippen MR) is 123 cm³/mol. The molecule has 2 aromatic carbocycles. The number of hydrogen-bond donors (Lipinski definition) is 1. The zero-order valence-electron chi connectivity index (χ0n) is 18.2. The largest absolute Gasteiger partial charge is 0.462 e. The summed E-state index contributed by atoms with van der Waals surface area (Å²) in [7, 11) is 0. The van der Waals surface area contributed by atoms with Crippen LogP contribution in [0.3, 0.4) is 0 Å². The first-order valence-corrected chi connectivity index (χ1v) is 11.0. The highest BCUT2D eigenvalue weighted by atomic mass is 35.5. The van der Waals surface area contributed by atoms with Gasteiger partial charge in [0.2, 0.25) is 5.91 Å². The molecule has 0 bridgehead atoms. The topological polar surface area (TPSA) is 102 Å². The SMILES string of the molecule is CCCCOC(=O)c1ccc(NC(=O)COC(=O)[C@H]2CC(=O)N(c3ccc(Cl)cc3)C2)cc1. The molecule has 1 aliphatic heterocycles. The number of halogens is 1. The summed E-state index contributed by atoms with van der Waals surface area (Å²) in [5.74, 6) is -2.41. The van der Waals surface area contributed by atoms with Crippen molar-refractivity contribution >= 4 is 46.7 Å². The van der Waals surface area contributed by atoms with Gasteiger partial charge in [-0.2, -0.15) is 0 Å². The average molecular weight is 473 g/mol. The third-order valence-corrected chi connectivity index (χ3v) is 5.33. The second kappa shape index (κ2) is 11.5. The Morgan fingerprint density at radius 3 is 2.42 bits per heavy atom. The molecule has 0 unspecified atom stereocenters. The molecule has 1 aliphatic rings. The van der Waals surface area contributed by atoms with Crippen molar-refractivity contribution in [1.29, 1.82) is 0 Å². The number of amides is 2. The van der Waals surface area contributed by atoms with E-state index in [-0.39, 0.29) is 18.9 Å². The van der Waals surface area contributed by atoms with Crippen LogP contribution in [0.5, 0.6) is 0 Å². The predicted octanol–water partition coefficient (Wildman–Crippen LogP) is 3.83. The summed E-state index contributed by atoms with van der Waals surface area (Å²) in [5.41, 5.74) is 1.48. The summed E-state index contributed by atoms with van der Waals surface area (Å²) in [6.07, 6.45) is 1.74. The molecule has 8 nitrogen and oxygen atoms in total. The van der Waals surface area contributed by atoms with E-state index in [9.17, 15) is 19.2 Å². The Morgan fingerprint density at radius 2 is 1.76 bits per heavy atom. The lowest BCUT2D eigenvalue weighted by Crippen LogP contribution is -2.28. The normalized spacial score (nSPS) is 15.3. The van der Waals surface area contributed by atoms with E-state index in [1.165, 1.54) is 4.90 Å². The van der Waals surface area contributed by atoms with E-state index in [0.29, 0.717) is 28.6 Å². The van der Waals surface area contributed by atoms with Crippen molar-refractivity contribution in [3.8, 4) is 0 Å². The first kappa shape index (κ1) is 24.3. The van der Waals surface area contributed by atoms with Crippen LogP contribution < -0.4 is 10.2 Å². The Hall–Kier alpha value is -3.39. The number of esters is 2. The van der Waals surface area contributed by atoms with Gasteiger partial charge in [0.25, 0.3) is 5.91 Å². The summed E-state index contributed by atoms with van der Waals surface area (Å²) in [5, 5.41) is 3.15. The van der Waals surface area contributed by atoms with Crippen LogP contribution in [0.1, 0.15) is 36.5 Å². The number of carbonyl (C=O) groups excluding carboxylic acids is 4. The minimum absolute atomic E-state index is 0.0128. The third kappa shape index (κ3) is 6.79. The van der Waals surface area contributed by atoms with Crippen molar-refractivity contribution in [2.75, 3.05) is 30.0 Å². The molecule has 2 aromatic rings. The number of rotatable bonds is 9. The van der Waals surface area contributed by atoms with Crippen LogP contribution in [0.2, 0.25) is 5.02 Å².